The van der Waals surface area contributed by atoms with Crippen LogP contribution in [0.25, 0.3) is 0 Å². The quantitative estimate of drug-likeness (QED) is 0.854. The van der Waals surface area contributed by atoms with Crippen LogP contribution in [0.3, 0.4) is 0 Å². The molecule has 0 aliphatic rings. The summed E-state index contributed by atoms with van der Waals surface area (Å²) in [5, 5.41) is 12.3. The largest absolute Gasteiger partial charge is 0.478 e. The Morgan fingerprint density at radius 3 is 2.71 bits per heavy atom. The Morgan fingerprint density at radius 1 is 1.29 bits per heavy atom. The van der Waals surface area contributed by atoms with Crippen molar-refractivity contribution in [1.82, 2.24) is 4.98 Å². The second-order valence-corrected chi connectivity index (χ2v) is 4.99. The van der Waals surface area contributed by atoms with E-state index in [1.54, 1.807) is 12.1 Å². The minimum atomic E-state index is -0.922. The summed E-state index contributed by atoms with van der Waals surface area (Å²) in [6.07, 6.45) is 1.60. The van der Waals surface area contributed by atoms with Crippen LogP contribution in [0, 0.1) is 6.92 Å². The molecule has 21 heavy (non-hydrogen) atoms. The number of hydrogen-bond donors (Lipinski definition) is 2. The lowest BCUT2D eigenvalue weighted by atomic mass is 10.1. The highest BCUT2D eigenvalue weighted by molar-refractivity contribution is 5.88. The number of nitrogens with one attached hydrogen (secondary N) is 1. The number of rotatable bonds is 6. The van der Waals surface area contributed by atoms with Crippen molar-refractivity contribution >= 4 is 11.8 Å². The predicted molar refractivity (Wildman–Crippen MR) is 83.9 cm³/mol. The molecule has 1 aromatic carbocycles. The van der Waals surface area contributed by atoms with Gasteiger partial charge in [0.25, 0.3) is 0 Å². The van der Waals surface area contributed by atoms with Crippen molar-refractivity contribution in [2.45, 2.75) is 26.7 Å². The van der Waals surface area contributed by atoms with E-state index in [9.17, 15) is 4.79 Å². The number of carbonyl (C=O) groups is 1. The van der Waals surface area contributed by atoms with Crippen molar-refractivity contribution in [1.29, 1.82) is 0 Å². The van der Waals surface area contributed by atoms with Gasteiger partial charge in [0.1, 0.15) is 5.82 Å². The van der Waals surface area contributed by atoms with Crippen LogP contribution in [0.15, 0.2) is 36.4 Å². The van der Waals surface area contributed by atoms with E-state index in [0.717, 1.165) is 18.7 Å². The minimum Gasteiger partial charge on any atom is -0.478 e. The average molecular weight is 284 g/mol. The molecular formula is C17H20N2O2. The molecule has 2 N–H and O–H groups in total. The molecule has 2 aromatic rings. The molecule has 1 heterocycles. The van der Waals surface area contributed by atoms with E-state index in [-0.39, 0.29) is 5.56 Å². The Morgan fingerprint density at radius 2 is 2.05 bits per heavy atom. The lowest BCUT2D eigenvalue weighted by Crippen LogP contribution is -2.09. The maximum Gasteiger partial charge on any atom is 0.335 e. The Bertz CT molecular complexity index is 638. The van der Waals surface area contributed by atoms with Crippen molar-refractivity contribution in [2.75, 3.05) is 11.9 Å². The monoisotopic (exact) mass is 284 g/mol. The van der Waals surface area contributed by atoms with Gasteiger partial charge in [-0.15, -0.1) is 0 Å². The van der Waals surface area contributed by atoms with Gasteiger partial charge >= 0.3 is 5.97 Å². The second kappa shape index (κ2) is 6.88. The lowest BCUT2D eigenvalue weighted by Gasteiger charge is -2.10. The molecule has 0 amide bonds. The van der Waals surface area contributed by atoms with E-state index in [1.807, 2.05) is 19.1 Å². The lowest BCUT2D eigenvalue weighted by molar-refractivity contribution is 0.0696. The molecule has 0 fully saturated rings. The average Bonchev–Trinajstić information content (AvgIpc) is 2.49. The fourth-order valence-electron chi connectivity index (χ4n) is 2.20. The molecule has 0 atom stereocenters. The van der Waals surface area contributed by atoms with Crippen LogP contribution in [0.4, 0.5) is 5.82 Å². The minimum absolute atomic E-state index is 0.278. The van der Waals surface area contributed by atoms with E-state index >= 15 is 0 Å². The summed E-state index contributed by atoms with van der Waals surface area (Å²) in [7, 11) is 0. The van der Waals surface area contributed by atoms with Crippen molar-refractivity contribution in [3.8, 4) is 0 Å². The van der Waals surface area contributed by atoms with Crippen molar-refractivity contribution in [2.24, 2.45) is 0 Å². The van der Waals surface area contributed by atoms with Gasteiger partial charge in [0.05, 0.1) is 5.56 Å². The third kappa shape index (κ3) is 4.05. The maximum absolute atomic E-state index is 11.1. The van der Waals surface area contributed by atoms with Gasteiger partial charge in [-0.05, 0) is 43.0 Å². The zero-order valence-corrected chi connectivity index (χ0v) is 12.4. The molecular weight excluding hydrogens is 264 g/mol. The summed E-state index contributed by atoms with van der Waals surface area (Å²) in [5.74, 6) is -0.297. The van der Waals surface area contributed by atoms with Crippen LogP contribution >= 0.6 is 0 Å². The number of aromatic carboxylic acids is 1. The molecule has 1 aromatic heterocycles. The smallest absolute Gasteiger partial charge is 0.335 e. The van der Waals surface area contributed by atoms with Crippen LogP contribution in [-0.4, -0.2) is 22.6 Å². The maximum atomic E-state index is 11.1. The van der Waals surface area contributed by atoms with Crippen LogP contribution in [0.1, 0.15) is 34.1 Å². The van der Waals surface area contributed by atoms with E-state index in [4.69, 9.17) is 5.11 Å². The number of carboxylic acids is 1. The topological polar surface area (TPSA) is 62.2 Å². The number of aryl methyl sites for hydroxylation is 2. The molecule has 0 aliphatic carbocycles. The van der Waals surface area contributed by atoms with Crippen molar-refractivity contribution in [3.63, 3.8) is 0 Å². The summed E-state index contributed by atoms with van der Waals surface area (Å²) in [6.45, 7) is 4.78. The van der Waals surface area contributed by atoms with Gasteiger partial charge in [-0.3, -0.25) is 0 Å². The molecule has 0 saturated heterocycles. The molecule has 0 aliphatic heterocycles. The zero-order chi connectivity index (χ0) is 15.2. The van der Waals surface area contributed by atoms with E-state index in [0.29, 0.717) is 12.2 Å². The van der Waals surface area contributed by atoms with Crippen molar-refractivity contribution in [3.05, 3.63) is 58.8 Å². The number of nitrogens with zero attached hydrogens (tertiary/aromatic N) is 1. The highest BCUT2D eigenvalue weighted by Gasteiger charge is 2.07. The summed E-state index contributed by atoms with van der Waals surface area (Å²) < 4.78 is 0. The standard InChI is InChI=1S/C17H20N2O2/c1-3-15-10-14(17(20)21)11-16(19-15)18-9-8-13-7-5-4-6-12(13)2/h4-7,10-11H,3,8-9H2,1-2H3,(H,18,19)(H,20,21). The molecule has 4 heteroatoms. The van der Waals surface area contributed by atoms with Crippen molar-refractivity contribution < 1.29 is 9.90 Å². The second-order valence-electron chi connectivity index (χ2n) is 4.99. The first-order chi connectivity index (χ1) is 10.1. The fraction of sp³-hybridized carbons (Fsp3) is 0.294. The number of benzene rings is 1. The third-order valence-corrected chi connectivity index (χ3v) is 3.45. The van der Waals surface area contributed by atoms with Gasteiger partial charge in [-0.2, -0.15) is 0 Å². The Hall–Kier alpha value is -2.36. The highest BCUT2D eigenvalue weighted by Crippen LogP contribution is 2.12. The number of anilines is 1. The van der Waals surface area contributed by atoms with Crippen LogP contribution in [0.2, 0.25) is 0 Å². The molecule has 0 saturated carbocycles. The van der Waals surface area contributed by atoms with Gasteiger partial charge in [0.15, 0.2) is 0 Å². The summed E-state index contributed by atoms with van der Waals surface area (Å²) in [6, 6.07) is 11.5. The van der Waals surface area contributed by atoms with Gasteiger partial charge in [-0.1, -0.05) is 31.2 Å². The van der Waals surface area contributed by atoms with Crippen LogP contribution in [-0.2, 0) is 12.8 Å². The molecule has 0 radical (unpaired) electrons. The Balaban J connectivity index is 2.04. The molecule has 0 spiro atoms. The van der Waals surface area contributed by atoms with Crippen LogP contribution < -0.4 is 5.32 Å². The normalized spacial score (nSPS) is 10.4. The summed E-state index contributed by atoms with van der Waals surface area (Å²) in [5.41, 5.74) is 3.62. The SMILES string of the molecule is CCc1cc(C(=O)O)cc(NCCc2ccccc2C)n1. The first-order valence-corrected chi connectivity index (χ1v) is 7.12. The molecule has 2 rings (SSSR count). The predicted octanol–water partition coefficient (Wildman–Crippen LogP) is 3.31. The van der Waals surface area contributed by atoms with E-state index in [1.165, 1.54) is 11.1 Å². The summed E-state index contributed by atoms with van der Waals surface area (Å²) in [4.78, 5) is 15.5. The van der Waals surface area contributed by atoms with Gasteiger partial charge in [0, 0.05) is 12.2 Å². The third-order valence-electron chi connectivity index (χ3n) is 3.45. The number of pyridine rings is 1. The fourth-order valence-corrected chi connectivity index (χ4v) is 2.20. The van der Waals surface area contributed by atoms with Gasteiger partial charge < -0.3 is 10.4 Å². The van der Waals surface area contributed by atoms with E-state index in [2.05, 4.69) is 29.4 Å². The number of hydrogen-bond acceptors (Lipinski definition) is 3. The molecule has 0 unspecified atom stereocenters. The molecule has 110 valence electrons. The number of carboxylic acid groups (broad SMARTS) is 1. The van der Waals surface area contributed by atoms with Crippen LogP contribution in [0.5, 0.6) is 0 Å². The first kappa shape index (κ1) is 15.0. The Kier molecular flexibility index (Phi) is 4.93. The molecule has 4 nitrogen and oxygen atoms in total. The Labute approximate surface area is 124 Å². The summed E-state index contributed by atoms with van der Waals surface area (Å²) >= 11 is 0. The van der Waals surface area contributed by atoms with Gasteiger partial charge in [-0.25, -0.2) is 9.78 Å². The van der Waals surface area contributed by atoms with E-state index < -0.39 is 5.97 Å². The zero-order valence-electron chi connectivity index (χ0n) is 12.4. The molecule has 0 bridgehead atoms. The highest BCUT2D eigenvalue weighted by atomic mass is 16.4. The first-order valence-electron chi connectivity index (χ1n) is 7.12. The number of aromatic nitrogens is 1. The van der Waals surface area contributed by atoms with Gasteiger partial charge in [0.2, 0.25) is 0 Å².